The highest BCUT2D eigenvalue weighted by molar-refractivity contribution is 5.88. The molecule has 0 aromatic heterocycles. The first-order valence-electron chi connectivity index (χ1n) is 8.79. The predicted octanol–water partition coefficient (Wildman–Crippen LogP) is 2.79. The van der Waals surface area contributed by atoms with Gasteiger partial charge in [-0.05, 0) is 33.1 Å². The van der Waals surface area contributed by atoms with Crippen molar-refractivity contribution in [3.63, 3.8) is 0 Å². The molecule has 0 aliphatic heterocycles. The van der Waals surface area contributed by atoms with Crippen LogP contribution in [0.1, 0.15) is 60.3 Å². The molecule has 0 amide bonds. The van der Waals surface area contributed by atoms with Crippen LogP contribution < -0.4 is 5.73 Å². The van der Waals surface area contributed by atoms with Crippen LogP contribution in [0, 0.1) is 11.8 Å². The fourth-order valence-electron chi connectivity index (χ4n) is 2.24. The third kappa shape index (κ3) is 10.0. The molecule has 0 saturated heterocycles. The summed E-state index contributed by atoms with van der Waals surface area (Å²) in [6, 6.07) is -0.800. The number of carbonyl (C=O) groups excluding carboxylic acids is 3. The molecule has 0 radical (unpaired) electrons. The Morgan fingerprint density at radius 3 is 2.32 bits per heavy atom. The highest BCUT2D eigenvalue weighted by Gasteiger charge is 2.30. The molecular weight excluding hydrogens is 322 g/mol. The third-order valence-corrected chi connectivity index (χ3v) is 3.89. The Hall–Kier alpha value is -1.69. The molecule has 144 valence electrons. The van der Waals surface area contributed by atoms with Gasteiger partial charge in [-0.1, -0.05) is 32.9 Å². The van der Waals surface area contributed by atoms with Gasteiger partial charge in [0, 0.05) is 12.8 Å². The van der Waals surface area contributed by atoms with E-state index in [0.29, 0.717) is 0 Å². The monoisotopic (exact) mass is 355 g/mol. The summed E-state index contributed by atoms with van der Waals surface area (Å²) in [4.78, 5) is 36.2. The molecule has 0 aliphatic carbocycles. The van der Waals surface area contributed by atoms with Gasteiger partial charge in [0.25, 0.3) is 0 Å². The lowest BCUT2D eigenvalue weighted by Crippen LogP contribution is -2.36. The van der Waals surface area contributed by atoms with Crippen molar-refractivity contribution in [2.45, 2.75) is 71.9 Å². The molecule has 3 atom stereocenters. The van der Waals surface area contributed by atoms with E-state index in [-0.39, 0.29) is 43.5 Å². The van der Waals surface area contributed by atoms with E-state index in [2.05, 4.69) is 6.58 Å². The number of hydrogen-bond acceptors (Lipinski definition) is 6. The smallest absolute Gasteiger partial charge is 0.309 e. The number of nitrogens with two attached hydrogens (primary N) is 1. The Bertz CT molecular complexity index is 467. The number of carbonyl (C=O) groups is 3. The number of rotatable bonds is 11. The van der Waals surface area contributed by atoms with Gasteiger partial charge in [-0.3, -0.25) is 14.4 Å². The predicted molar refractivity (Wildman–Crippen MR) is 96.8 cm³/mol. The summed E-state index contributed by atoms with van der Waals surface area (Å²) >= 11 is 0. The van der Waals surface area contributed by atoms with Crippen molar-refractivity contribution in [3.8, 4) is 0 Å². The number of ether oxygens (including phenoxy) is 2. The van der Waals surface area contributed by atoms with E-state index in [1.165, 1.54) is 6.08 Å². The Labute approximate surface area is 151 Å². The summed E-state index contributed by atoms with van der Waals surface area (Å²) in [5, 5.41) is 0. The van der Waals surface area contributed by atoms with Crippen molar-refractivity contribution in [2.24, 2.45) is 17.6 Å². The number of hydrogen-bond donors (Lipinski definition) is 1. The van der Waals surface area contributed by atoms with Crippen LogP contribution in [-0.2, 0) is 23.9 Å². The van der Waals surface area contributed by atoms with Gasteiger partial charge in [-0.15, -0.1) is 0 Å². The van der Waals surface area contributed by atoms with Gasteiger partial charge in [0.2, 0.25) is 0 Å². The van der Waals surface area contributed by atoms with Crippen LogP contribution in [0.3, 0.4) is 0 Å². The summed E-state index contributed by atoms with van der Waals surface area (Å²) in [6.45, 7) is 12.8. The quantitative estimate of drug-likeness (QED) is 0.452. The molecule has 0 aromatic rings. The second kappa shape index (κ2) is 11.0. The highest BCUT2D eigenvalue weighted by atomic mass is 16.6. The Balaban J connectivity index is 4.64. The Morgan fingerprint density at radius 1 is 1.24 bits per heavy atom. The molecule has 0 aliphatic rings. The van der Waals surface area contributed by atoms with Gasteiger partial charge in [-0.2, -0.15) is 0 Å². The van der Waals surface area contributed by atoms with Crippen molar-refractivity contribution < 1.29 is 23.9 Å². The maximum absolute atomic E-state index is 12.3. The lowest BCUT2D eigenvalue weighted by molar-refractivity contribution is -0.155. The van der Waals surface area contributed by atoms with Crippen LogP contribution in [0.2, 0.25) is 0 Å². The summed E-state index contributed by atoms with van der Waals surface area (Å²) in [5.41, 5.74) is 5.33. The maximum atomic E-state index is 12.3. The topological polar surface area (TPSA) is 95.7 Å². The van der Waals surface area contributed by atoms with E-state index in [0.717, 1.165) is 6.42 Å². The van der Waals surface area contributed by atoms with E-state index in [4.69, 9.17) is 15.2 Å². The summed E-state index contributed by atoms with van der Waals surface area (Å²) in [7, 11) is 0. The van der Waals surface area contributed by atoms with Crippen LogP contribution in [-0.4, -0.2) is 36.0 Å². The van der Waals surface area contributed by atoms with Gasteiger partial charge < -0.3 is 15.2 Å². The van der Waals surface area contributed by atoms with Crippen molar-refractivity contribution in [2.75, 3.05) is 6.61 Å². The molecule has 0 aromatic carbocycles. The second-order valence-corrected chi connectivity index (χ2v) is 7.31. The highest BCUT2D eigenvalue weighted by Crippen LogP contribution is 2.22. The van der Waals surface area contributed by atoms with E-state index in [1.807, 2.05) is 13.8 Å². The molecule has 0 spiro atoms. The molecule has 0 heterocycles. The first kappa shape index (κ1) is 23.3. The first-order chi connectivity index (χ1) is 11.5. The molecule has 0 fully saturated rings. The van der Waals surface area contributed by atoms with E-state index in [9.17, 15) is 14.4 Å². The molecular formula is C19H33NO5. The summed E-state index contributed by atoms with van der Waals surface area (Å²) in [5.74, 6) is -1.59. The zero-order valence-corrected chi connectivity index (χ0v) is 16.2. The standard InChI is InChI=1S/C19H33NO5/c1-7-11-24-18(23)14(13(3)8-2)12-16(21)15(20)9-10-17(22)25-19(4,5)6/h7,13-15H,1,8-12,20H2,2-6H3/t13?,14-,15-/m0/s1. The van der Waals surface area contributed by atoms with Crippen molar-refractivity contribution >= 4 is 17.7 Å². The third-order valence-electron chi connectivity index (χ3n) is 3.89. The molecule has 0 rings (SSSR count). The minimum Gasteiger partial charge on any atom is -0.461 e. The Morgan fingerprint density at radius 2 is 1.84 bits per heavy atom. The van der Waals surface area contributed by atoms with Gasteiger partial charge >= 0.3 is 11.9 Å². The normalized spacial score (nSPS) is 15.0. The van der Waals surface area contributed by atoms with Crippen LogP contribution in [0.4, 0.5) is 0 Å². The lowest BCUT2D eigenvalue weighted by atomic mass is 9.85. The van der Waals surface area contributed by atoms with Crippen LogP contribution in [0.25, 0.3) is 0 Å². The minimum absolute atomic E-state index is 0.000629. The molecule has 0 bridgehead atoms. The average Bonchev–Trinajstić information content (AvgIpc) is 2.52. The fourth-order valence-corrected chi connectivity index (χ4v) is 2.24. The zero-order valence-electron chi connectivity index (χ0n) is 16.2. The molecule has 0 saturated carbocycles. The van der Waals surface area contributed by atoms with Crippen molar-refractivity contribution in [3.05, 3.63) is 12.7 Å². The number of ketones is 1. The Kier molecular flexibility index (Phi) is 10.3. The molecule has 6 nitrogen and oxygen atoms in total. The first-order valence-corrected chi connectivity index (χ1v) is 8.79. The van der Waals surface area contributed by atoms with Crippen LogP contribution in [0.5, 0.6) is 0 Å². The molecule has 6 heteroatoms. The summed E-state index contributed by atoms with van der Waals surface area (Å²) < 4.78 is 10.3. The van der Waals surface area contributed by atoms with Gasteiger partial charge in [0.15, 0.2) is 0 Å². The SMILES string of the molecule is C=CCOC(=O)[C@@H](CC(=O)[C@@H](N)CCC(=O)OC(C)(C)C)C(C)CC. The van der Waals surface area contributed by atoms with E-state index in [1.54, 1.807) is 20.8 Å². The van der Waals surface area contributed by atoms with E-state index >= 15 is 0 Å². The van der Waals surface area contributed by atoms with Crippen LogP contribution >= 0.6 is 0 Å². The summed E-state index contributed by atoms with van der Waals surface area (Å²) in [6.07, 6.45) is 2.51. The van der Waals surface area contributed by atoms with Gasteiger partial charge in [0.1, 0.15) is 18.0 Å². The van der Waals surface area contributed by atoms with Crippen LogP contribution in [0.15, 0.2) is 12.7 Å². The molecule has 25 heavy (non-hydrogen) atoms. The molecule has 2 N–H and O–H groups in total. The maximum Gasteiger partial charge on any atom is 0.309 e. The van der Waals surface area contributed by atoms with Gasteiger partial charge in [-0.25, -0.2) is 0 Å². The fraction of sp³-hybridized carbons (Fsp3) is 0.737. The minimum atomic E-state index is -0.800. The lowest BCUT2D eigenvalue weighted by Gasteiger charge is -2.22. The zero-order chi connectivity index (χ0) is 19.6. The largest absolute Gasteiger partial charge is 0.461 e. The number of Topliss-reactive ketones (excluding diaryl/α,β-unsaturated/α-hetero) is 1. The van der Waals surface area contributed by atoms with Crippen molar-refractivity contribution in [1.82, 2.24) is 0 Å². The molecule has 1 unspecified atom stereocenters. The number of esters is 2. The van der Waals surface area contributed by atoms with Gasteiger partial charge in [0.05, 0.1) is 12.0 Å². The van der Waals surface area contributed by atoms with E-state index < -0.39 is 23.5 Å². The second-order valence-electron chi connectivity index (χ2n) is 7.31. The average molecular weight is 355 g/mol. The van der Waals surface area contributed by atoms with Crippen molar-refractivity contribution in [1.29, 1.82) is 0 Å².